The van der Waals surface area contributed by atoms with Crippen LogP contribution in [0.2, 0.25) is 0 Å². The minimum atomic E-state index is -0.202. The topological polar surface area (TPSA) is 63.1 Å². The third kappa shape index (κ3) is 3.13. The van der Waals surface area contributed by atoms with Gasteiger partial charge in [0.25, 0.3) is 5.91 Å². The highest BCUT2D eigenvalue weighted by atomic mass is 16.2. The van der Waals surface area contributed by atoms with Crippen molar-refractivity contribution in [3.8, 4) is 0 Å². The molecule has 0 aliphatic carbocycles. The summed E-state index contributed by atoms with van der Waals surface area (Å²) in [4.78, 5) is 24.6. The van der Waals surface area contributed by atoms with Gasteiger partial charge in [-0.25, -0.2) is 0 Å². The summed E-state index contributed by atoms with van der Waals surface area (Å²) in [5.41, 5.74) is 2.74. The molecular weight excluding hydrogens is 314 g/mol. The van der Waals surface area contributed by atoms with E-state index in [9.17, 15) is 9.59 Å². The average molecular weight is 333 g/mol. The number of para-hydroxylation sites is 1. The van der Waals surface area contributed by atoms with Gasteiger partial charge in [-0.1, -0.05) is 48.5 Å². The van der Waals surface area contributed by atoms with E-state index in [1.807, 2.05) is 65.2 Å². The molecule has 1 atom stereocenters. The summed E-state index contributed by atoms with van der Waals surface area (Å²) in [6.07, 6.45) is 0.268. The first-order valence-corrected chi connectivity index (χ1v) is 8.40. The molecule has 3 aromatic rings. The first kappa shape index (κ1) is 15.4. The fourth-order valence-electron chi connectivity index (χ4n) is 3.33. The molecule has 2 heterocycles. The van der Waals surface area contributed by atoms with Gasteiger partial charge >= 0.3 is 0 Å². The summed E-state index contributed by atoms with van der Waals surface area (Å²) in [6.45, 7) is 1.10. The summed E-state index contributed by atoms with van der Waals surface area (Å²) in [5, 5.41) is 6.90. The standard InChI is InChI=1S/C20H19N3O2/c24-19(21-12-14-6-2-1-3-7-14)11-16-13-23-17-9-5-4-8-15(17)10-18(23)20(25)22-16/h1-10,16H,11-13H2,(H,21,24)(H,22,25)/t16-/m1/s1. The lowest BCUT2D eigenvalue weighted by Gasteiger charge is -2.26. The molecule has 0 fully saturated rings. The quantitative estimate of drug-likeness (QED) is 0.770. The van der Waals surface area contributed by atoms with Crippen molar-refractivity contribution in [2.45, 2.75) is 25.6 Å². The van der Waals surface area contributed by atoms with Gasteiger partial charge in [-0.3, -0.25) is 9.59 Å². The first-order chi connectivity index (χ1) is 12.2. The van der Waals surface area contributed by atoms with Gasteiger partial charge in [0, 0.05) is 30.4 Å². The summed E-state index contributed by atoms with van der Waals surface area (Å²) in [5.74, 6) is -0.183. The number of hydrogen-bond donors (Lipinski definition) is 2. The number of carbonyl (C=O) groups is 2. The third-order valence-electron chi connectivity index (χ3n) is 4.55. The van der Waals surface area contributed by atoms with E-state index in [-0.39, 0.29) is 24.3 Å². The Bertz CT molecular complexity index is 931. The molecule has 2 N–H and O–H groups in total. The van der Waals surface area contributed by atoms with Crippen molar-refractivity contribution in [2.75, 3.05) is 0 Å². The molecule has 1 aliphatic heterocycles. The maximum absolute atomic E-state index is 12.4. The molecule has 0 radical (unpaired) electrons. The second-order valence-electron chi connectivity index (χ2n) is 6.34. The van der Waals surface area contributed by atoms with E-state index in [0.717, 1.165) is 16.5 Å². The molecule has 5 heteroatoms. The molecule has 0 spiro atoms. The van der Waals surface area contributed by atoms with Crippen molar-refractivity contribution >= 4 is 22.7 Å². The van der Waals surface area contributed by atoms with E-state index in [0.29, 0.717) is 18.8 Å². The third-order valence-corrected chi connectivity index (χ3v) is 4.55. The van der Waals surface area contributed by atoms with Crippen LogP contribution < -0.4 is 10.6 Å². The number of carbonyl (C=O) groups excluding carboxylic acids is 2. The molecule has 4 rings (SSSR count). The molecule has 0 bridgehead atoms. The highest BCUT2D eigenvalue weighted by Crippen LogP contribution is 2.23. The number of fused-ring (bicyclic) bond motifs is 3. The zero-order chi connectivity index (χ0) is 17.2. The molecule has 2 aromatic carbocycles. The predicted octanol–water partition coefficient (Wildman–Crippen LogP) is 2.46. The van der Waals surface area contributed by atoms with Gasteiger partial charge in [0.15, 0.2) is 0 Å². The fraction of sp³-hybridized carbons (Fsp3) is 0.200. The van der Waals surface area contributed by atoms with Gasteiger partial charge in [0.2, 0.25) is 5.91 Å². The van der Waals surface area contributed by atoms with Crippen LogP contribution in [0.15, 0.2) is 60.7 Å². The van der Waals surface area contributed by atoms with Gasteiger partial charge in [-0.2, -0.15) is 0 Å². The lowest BCUT2D eigenvalue weighted by Crippen LogP contribution is -2.46. The van der Waals surface area contributed by atoms with Crippen LogP contribution in [0.5, 0.6) is 0 Å². The molecule has 1 aliphatic rings. The minimum absolute atomic E-state index is 0.0611. The van der Waals surface area contributed by atoms with E-state index < -0.39 is 0 Å². The number of nitrogens with zero attached hydrogens (tertiary/aromatic N) is 1. The van der Waals surface area contributed by atoms with Crippen molar-refractivity contribution in [3.05, 3.63) is 71.9 Å². The maximum Gasteiger partial charge on any atom is 0.268 e. The van der Waals surface area contributed by atoms with E-state index in [4.69, 9.17) is 0 Å². The summed E-state index contributed by atoms with van der Waals surface area (Å²) in [7, 11) is 0. The van der Waals surface area contributed by atoms with Crippen LogP contribution in [-0.2, 0) is 17.9 Å². The zero-order valence-corrected chi connectivity index (χ0v) is 13.7. The number of amides is 2. The predicted molar refractivity (Wildman–Crippen MR) is 96.1 cm³/mol. The molecular formula is C20H19N3O2. The average Bonchev–Trinajstić information content (AvgIpc) is 3.00. The number of nitrogens with one attached hydrogen (secondary N) is 2. The van der Waals surface area contributed by atoms with Crippen molar-refractivity contribution in [2.24, 2.45) is 0 Å². The Hall–Kier alpha value is -3.08. The van der Waals surface area contributed by atoms with Crippen LogP contribution in [0, 0.1) is 0 Å². The molecule has 1 aromatic heterocycles. The first-order valence-electron chi connectivity index (χ1n) is 8.40. The van der Waals surface area contributed by atoms with Gasteiger partial charge in [-0.05, 0) is 17.7 Å². The molecule has 25 heavy (non-hydrogen) atoms. The molecule has 2 amide bonds. The molecule has 5 nitrogen and oxygen atoms in total. The second kappa shape index (κ2) is 6.43. The van der Waals surface area contributed by atoms with Gasteiger partial charge in [-0.15, -0.1) is 0 Å². The van der Waals surface area contributed by atoms with E-state index in [1.165, 1.54) is 0 Å². The molecule has 0 unspecified atom stereocenters. The normalized spacial score (nSPS) is 16.3. The molecule has 0 saturated heterocycles. The summed E-state index contributed by atoms with van der Waals surface area (Å²) >= 11 is 0. The molecule has 126 valence electrons. The smallest absolute Gasteiger partial charge is 0.268 e. The van der Waals surface area contributed by atoms with Gasteiger partial charge in [0.1, 0.15) is 5.69 Å². The highest BCUT2D eigenvalue weighted by Gasteiger charge is 2.27. The van der Waals surface area contributed by atoms with E-state index in [1.54, 1.807) is 0 Å². The highest BCUT2D eigenvalue weighted by molar-refractivity contribution is 6.00. The Morgan fingerprint density at radius 1 is 1.12 bits per heavy atom. The SMILES string of the molecule is O=C(C[C@@H]1Cn2c(cc3ccccc32)C(=O)N1)NCc1ccccc1. The van der Waals surface area contributed by atoms with Gasteiger partial charge in [0.05, 0.1) is 6.04 Å². The van der Waals surface area contributed by atoms with Crippen LogP contribution in [0.3, 0.4) is 0 Å². The second-order valence-corrected chi connectivity index (χ2v) is 6.34. The van der Waals surface area contributed by atoms with Crippen molar-refractivity contribution in [1.82, 2.24) is 15.2 Å². The maximum atomic E-state index is 12.4. The van der Waals surface area contributed by atoms with Gasteiger partial charge < -0.3 is 15.2 Å². The lowest BCUT2D eigenvalue weighted by atomic mass is 10.1. The number of benzene rings is 2. The van der Waals surface area contributed by atoms with Crippen LogP contribution in [-0.4, -0.2) is 22.4 Å². The van der Waals surface area contributed by atoms with Crippen LogP contribution >= 0.6 is 0 Å². The number of hydrogen-bond acceptors (Lipinski definition) is 2. The van der Waals surface area contributed by atoms with Crippen molar-refractivity contribution < 1.29 is 9.59 Å². The van der Waals surface area contributed by atoms with E-state index in [2.05, 4.69) is 10.6 Å². The Kier molecular flexibility index (Phi) is 3.98. The monoisotopic (exact) mass is 333 g/mol. The van der Waals surface area contributed by atoms with E-state index >= 15 is 0 Å². The van der Waals surface area contributed by atoms with Crippen molar-refractivity contribution in [3.63, 3.8) is 0 Å². The number of aromatic nitrogens is 1. The largest absolute Gasteiger partial charge is 0.352 e. The Morgan fingerprint density at radius 2 is 1.88 bits per heavy atom. The summed E-state index contributed by atoms with van der Waals surface area (Å²) < 4.78 is 2.00. The zero-order valence-electron chi connectivity index (χ0n) is 13.7. The van der Waals surface area contributed by atoms with Crippen LogP contribution in [0.1, 0.15) is 22.5 Å². The fourth-order valence-corrected chi connectivity index (χ4v) is 3.33. The lowest BCUT2D eigenvalue weighted by molar-refractivity contribution is -0.121. The Balaban J connectivity index is 1.44. The van der Waals surface area contributed by atoms with Crippen LogP contribution in [0.4, 0.5) is 0 Å². The van der Waals surface area contributed by atoms with Crippen LogP contribution in [0.25, 0.3) is 10.9 Å². The number of rotatable bonds is 4. The summed E-state index contributed by atoms with van der Waals surface area (Å²) in [6, 6.07) is 19.4. The Morgan fingerprint density at radius 3 is 2.72 bits per heavy atom. The molecule has 0 saturated carbocycles. The minimum Gasteiger partial charge on any atom is -0.352 e. The van der Waals surface area contributed by atoms with Crippen molar-refractivity contribution in [1.29, 1.82) is 0 Å². The Labute approximate surface area is 145 Å².